The molecule has 4 heteroatoms. The highest BCUT2D eigenvalue weighted by Crippen LogP contribution is 2.10. The largest absolute Gasteiger partial charge is 0.395 e. The van der Waals surface area contributed by atoms with E-state index in [2.05, 4.69) is 5.32 Å². The molecule has 0 aliphatic carbocycles. The smallest absolute Gasteiger partial charge is 0.0914 e. The molecule has 1 atom stereocenters. The molecular formula is C11H17NO3. The van der Waals surface area contributed by atoms with Gasteiger partial charge in [-0.1, -0.05) is 30.3 Å². The Bertz CT molecular complexity index is 262. The van der Waals surface area contributed by atoms with Gasteiger partial charge in [-0.05, 0) is 5.56 Å². The van der Waals surface area contributed by atoms with Gasteiger partial charge in [-0.15, -0.1) is 0 Å². The Morgan fingerprint density at radius 3 is 2.20 bits per heavy atom. The van der Waals surface area contributed by atoms with E-state index in [1.54, 1.807) is 0 Å². The second-order valence-corrected chi connectivity index (χ2v) is 3.40. The molecule has 4 N–H and O–H groups in total. The van der Waals surface area contributed by atoms with E-state index in [-0.39, 0.29) is 19.3 Å². The third-order valence-corrected chi connectivity index (χ3v) is 2.22. The Balaban J connectivity index is 2.39. The summed E-state index contributed by atoms with van der Waals surface area (Å²) in [5.41, 5.74) is 0.819. The molecule has 0 radical (unpaired) electrons. The van der Waals surface area contributed by atoms with Crippen LogP contribution in [-0.4, -0.2) is 41.1 Å². The second kappa shape index (κ2) is 6.53. The molecule has 15 heavy (non-hydrogen) atoms. The van der Waals surface area contributed by atoms with Gasteiger partial charge in [0, 0.05) is 6.54 Å². The predicted octanol–water partition coefficient (Wildman–Crippen LogP) is -0.337. The number of hydrogen-bond acceptors (Lipinski definition) is 4. The molecule has 0 spiro atoms. The van der Waals surface area contributed by atoms with Gasteiger partial charge in [-0.25, -0.2) is 0 Å². The van der Waals surface area contributed by atoms with Crippen molar-refractivity contribution in [3.8, 4) is 0 Å². The Morgan fingerprint density at radius 1 is 1.07 bits per heavy atom. The molecule has 1 rings (SSSR count). The van der Waals surface area contributed by atoms with E-state index in [0.717, 1.165) is 5.56 Å². The van der Waals surface area contributed by atoms with Crippen LogP contribution in [0.2, 0.25) is 0 Å². The maximum absolute atomic E-state index is 9.73. The van der Waals surface area contributed by atoms with Crippen molar-refractivity contribution in [3.05, 3.63) is 35.9 Å². The first-order valence-corrected chi connectivity index (χ1v) is 4.96. The van der Waals surface area contributed by atoms with Crippen LogP contribution in [0.1, 0.15) is 11.7 Å². The Hall–Kier alpha value is -0.940. The molecule has 0 saturated carbocycles. The fraction of sp³-hybridized carbons (Fsp3) is 0.455. The third-order valence-electron chi connectivity index (χ3n) is 2.22. The van der Waals surface area contributed by atoms with E-state index in [1.165, 1.54) is 0 Å². The quantitative estimate of drug-likeness (QED) is 0.519. The summed E-state index contributed by atoms with van der Waals surface area (Å²) in [4.78, 5) is 0. The van der Waals surface area contributed by atoms with Gasteiger partial charge in [-0.3, -0.25) is 0 Å². The summed E-state index contributed by atoms with van der Waals surface area (Å²) < 4.78 is 0. The van der Waals surface area contributed by atoms with Crippen molar-refractivity contribution in [1.82, 2.24) is 5.32 Å². The van der Waals surface area contributed by atoms with Crippen LogP contribution in [0.4, 0.5) is 0 Å². The highest BCUT2D eigenvalue weighted by molar-refractivity contribution is 5.17. The molecule has 0 heterocycles. The topological polar surface area (TPSA) is 72.7 Å². The minimum atomic E-state index is -0.619. The predicted molar refractivity (Wildman–Crippen MR) is 57.4 cm³/mol. The molecule has 0 aliphatic heterocycles. The van der Waals surface area contributed by atoms with E-state index in [4.69, 9.17) is 10.2 Å². The molecule has 0 bridgehead atoms. The van der Waals surface area contributed by atoms with Crippen molar-refractivity contribution < 1.29 is 15.3 Å². The number of rotatable bonds is 6. The number of benzene rings is 1. The van der Waals surface area contributed by atoms with Gasteiger partial charge in [0.25, 0.3) is 0 Å². The minimum absolute atomic E-state index is 0.141. The normalized spacial score (nSPS) is 13.1. The van der Waals surface area contributed by atoms with E-state index in [0.29, 0.717) is 6.54 Å². The van der Waals surface area contributed by atoms with Crippen LogP contribution in [0, 0.1) is 0 Å². The lowest BCUT2D eigenvalue weighted by molar-refractivity contribution is 0.135. The van der Waals surface area contributed by atoms with Crippen molar-refractivity contribution in [3.63, 3.8) is 0 Å². The average molecular weight is 211 g/mol. The van der Waals surface area contributed by atoms with Crippen molar-refractivity contribution in [2.75, 3.05) is 19.8 Å². The van der Waals surface area contributed by atoms with Crippen molar-refractivity contribution in [2.45, 2.75) is 12.1 Å². The second-order valence-electron chi connectivity index (χ2n) is 3.40. The first-order chi connectivity index (χ1) is 7.27. The van der Waals surface area contributed by atoms with Gasteiger partial charge >= 0.3 is 0 Å². The zero-order valence-corrected chi connectivity index (χ0v) is 8.50. The van der Waals surface area contributed by atoms with Crippen molar-refractivity contribution >= 4 is 0 Å². The zero-order chi connectivity index (χ0) is 11.1. The first-order valence-electron chi connectivity index (χ1n) is 4.96. The average Bonchev–Trinajstić information content (AvgIpc) is 2.31. The molecule has 4 nitrogen and oxygen atoms in total. The molecule has 0 aromatic heterocycles. The van der Waals surface area contributed by atoms with Crippen molar-refractivity contribution in [2.24, 2.45) is 0 Å². The third kappa shape index (κ3) is 3.97. The van der Waals surface area contributed by atoms with Gasteiger partial charge in [-0.2, -0.15) is 0 Å². The van der Waals surface area contributed by atoms with Crippen LogP contribution in [0.15, 0.2) is 30.3 Å². The summed E-state index contributed by atoms with van der Waals surface area (Å²) in [6.45, 7) is 0.0336. The lowest BCUT2D eigenvalue weighted by Gasteiger charge is -2.17. The van der Waals surface area contributed by atoms with E-state index in [9.17, 15) is 5.11 Å². The lowest BCUT2D eigenvalue weighted by Crippen LogP contribution is -2.38. The minimum Gasteiger partial charge on any atom is -0.395 e. The fourth-order valence-corrected chi connectivity index (χ4v) is 1.26. The summed E-state index contributed by atoms with van der Waals surface area (Å²) in [5.74, 6) is 0. The number of aliphatic hydroxyl groups is 3. The maximum Gasteiger partial charge on any atom is 0.0914 e. The summed E-state index contributed by atoms with van der Waals surface area (Å²) in [7, 11) is 0. The Kier molecular flexibility index (Phi) is 5.28. The van der Waals surface area contributed by atoms with Gasteiger partial charge in [0.1, 0.15) is 0 Å². The number of nitrogens with one attached hydrogen (secondary N) is 1. The number of hydrogen-bond donors (Lipinski definition) is 4. The zero-order valence-electron chi connectivity index (χ0n) is 8.50. The summed E-state index contributed by atoms with van der Waals surface area (Å²) in [5, 5.41) is 30.2. The van der Waals surface area contributed by atoms with Gasteiger partial charge in [0.15, 0.2) is 0 Å². The molecule has 1 aromatic rings. The van der Waals surface area contributed by atoms with Crippen LogP contribution in [0.25, 0.3) is 0 Å². The van der Waals surface area contributed by atoms with Crippen LogP contribution >= 0.6 is 0 Å². The van der Waals surface area contributed by atoms with Crippen LogP contribution in [0.3, 0.4) is 0 Å². The molecule has 0 aliphatic rings. The van der Waals surface area contributed by atoms with Gasteiger partial charge in [0.2, 0.25) is 0 Å². The van der Waals surface area contributed by atoms with Crippen molar-refractivity contribution in [1.29, 1.82) is 0 Å². The standard InChI is InChI=1S/C11H17NO3/c13-7-10(8-14)12-6-11(15)9-4-2-1-3-5-9/h1-5,10-15H,6-8H2. The molecule has 1 unspecified atom stereocenters. The molecule has 0 fully saturated rings. The van der Waals surface area contributed by atoms with E-state index < -0.39 is 6.10 Å². The Labute approximate surface area is 89.2 Å². The molecule has 0 saturated heterocycles. The fourth-order valence-electron chi connectivity index (χ4n) is 1.26. The summed E-state index contributed by atoms with van der Waals surface area (Å²) >= 11 is 0. The summed E-state index contributed by atoms with van der Waals surface area (Å²) in [6.07, 6.45) is -0.619. The molecule has 0 amide bonds. The van der Waals surface area contributed by atoms with E-state index in [1.807, 2.05) is 30.3 Å². The van der Waals surface area contributed by atoms with E-state index >= 15 is 0 Å². The monoisotopic (exact) mass is 211 g/mol. The van der Waals surface area contributed by atoms with Gasteiger partial charge in [0.05, 0.1) is 25.4 Å². The SMILES string of the molecule is OCC(CO)NCC(O)c1ccccc1. The van der Waals surface area contributed by atoms with Crippen LogP contribution in [-0.2, 0) is 0 Å². The summed E-state index contributed by atoms with van der Waals surface area (Å²) in [6, 6.07) is 8.89. The molecule has 1 aromatic carbocycles. The molecular weight excluding hydrogens is 194 g/mol. The highest BCUT2D eigenvalue weighted by atomic mass is 16.3. The lowest BCUT2D eigenvalue weighted by atomic mass is 10.1. The number of aliphatic hydroxyl groups excluding tert-OH is 3. The van der Waals surface area contributed by atoms with Crippen LogP contribution < -0.4 is 5.32 Å². The maximum atomic E-state index is 9.73. The van der Waals surface area contributed by atoms with Crippen LogP contribution in [0.5, 0.6) is 0 Å². The first kappa shape index (κ1) is 12.1. The molecule has 84 valence electrons. The van der Waals surface area contributed by atoms with Gasteiger partial charge < -0.3 is 20.6 Å². The highest BCUT2D eigenvalue weighted by Gasteiger charge is 2.10. The Morgan fingerprint density at radius 2 is 1.67 bits per heavy atom.